The number of hydrogen-bond donors (Lipinski definition) is 1. The minimum Gasteiger partial charge on any atom is -0.382 e. The maximum Gasteiger partial charge on any atom is 0.125 e. The van der Waals surface area contributed by atoms with Gasteiger partial charge in [-0.2, -0.15) is 0 Å². The Balaban J connectivity index is 1.37. The molecule has 28 heavy (non-hydrogen) atoms. The summed E-state index contributed by atoms with van der Waals surface area (Å²) in [6.45, 7) is 7.69. The molecule has 6 unspecified atom stereocenters. The van der Waals surface area contributed by atoms with Gasteiger partial charge in [-0.1, -0.05) is 33.3 Å². The van der Waals surface area contributed by atoms with Crippen LogP contribution in [0.2, 0.25) is 0 Å². The van der Waals surface area contributed by atoms with E-state index in [1.54, 1.807) is 12.1 Å². The van der Waals surface area contributed by atoms with Gasteiger partial charge in [-0.25, -0.2) is 4.39 Å². The summed E-state index contributed by atoms with van der Waals surface area (Å²) in [6, 6.07) is 7.56. The molecule has 1 aromatic rings. The van der Waals surface area contributed by atoms with Crippen LogP contribution in [-0.4, -0.2) is 6.04 Å². The van der Waals surface area contributed by atoms with E-state index < -0.39 is 0 Å². The van der Waals surface area contributed by atoms with E-state index in [0.29, 0.717) is 16.9 Å². The molecule has 0 aliphatic heterocycles. The maximum atomic E-state index is 13.7. The lowest BCUT2D eigenvalue weighted by molar-refractivity contribution is -0.111. The predicted octanol–water partition coefficient (Wildman–Crippen LogP) is 7.29. The van der Waals surface area contributed by atoms with Crippen LogP contribution in [0.4, 0.5) is 10.1 Å². The Labute approximate surface area is 170 Å². The zero-order chi connectivity index (χ0) is 19.5. The second-order valence-electron chi connectivity index (χ2n) is 11.4. The third-order valence-corrected chi connectivity index (χ3v) is 10.1. The lowest BCUT2D eigenvalue weighted by Crippen LogP contribution is -2.54. The van der Waals surface area contributed by atoms with E-state index in [9.17, 15) is 4.39 Å². The first-order chi connectivity index (χ1) is 13.4. The SMILES string of the molecule is CC1CC[C@@]2(C)C(CCC3C4CC[C@H](Nc5cccc(F)c5)C4(C)CCC32)C1. The van der Waals surface area contributed by atoms with E-state index in [0.717, 1.165) is 35.3 Å². The Kier molecular flexibility index (Phi) is 4.56. The number of fused-ring (bicyclic) bond motifs is 5. The minimum atomic E-state index is -0.133. The molecule has 154 valence electrons. The summed E-state index contributed by atoms with van der Waals surface area (Å²) in [6.07, 6.45) is 12.7. The van der Waals surface area contributed by atoms with Crippen LogP contribution in [0.5, 0.6) is 0 Å². The van der Waals surface area contributed by atoms with Crippen LogP contribution in [0.3, 0.4) is 0 Å². The van der Waals surface area contributed by atoms with Crippen LogP contribution in [0, 0.1) is 46.2 Å². The van der Waals surface area contributed by atoms with Crippen molar-refractivity contribution in [3.05, 3.63) is 30.1 Å². The molecule has 4 saturated carbocycles. The molecule has 0 heterocycles. The van der Waals surface area contributed by atoms with Gasteiger partial charge in [0.15, 0.2) is 0 Å². The molecular weight excluding hydrogens is 345 g/mol. The molecule has 4 aliphatic rings. The molecule has 4 aliphatic carbocycles. The van der Waals surface area contributed by atoms with Crippen molar-refractivity contribution in [1.29, 1.82) is 0 Å². The molecule has 0 aromatic heterocycles. The number of benzene rings is 1. The molecule has 5 rings (SSSR count). The van der Waals surface area contributed by atoms with Crippen LogP contribution >= 0.6 is 0 Å². The van der Waals surface area contributed by atoms with Gasteiger partial charge >= 0.3 is 0 Å². The zero-order valence-electron chi connectivity index (χ0n) is 18.0. The van der Waals surface area contributed by atoms with Crippen molar-refractivity contribution in [2.24, 2.45) is 40.4 Å². The Bertz CT molecular complexity index is 731. The molecule has 0 amide bonds. The van der Waals surface area contributed by atoms with Gasteiger partial charge in [-0.15, -0.1) is 0 Å². The lowest BCUT2D eigenvalue weighted by atomic mass is 9.44. The molecule has 4 fully saturated rings. The van der Waals surface area contributed by atoms with E-state index in [4.69, 9.17) is 0 Å². The average molecular weight is 384 g/mol. The zero-order valence-corrected chi connectivity index (χ0v) is 18.0. The average Bonchev–Trinajstić information content (AvgIpc) is 2.99. The Morgan fingerprint density at radius 1 is 0.929 bits per heavy atom. The summed E-state index contributed by atoms with van der Waals surface area (Å²) in [4.78, 5) is 0. The van der Waals surface area contributed by atoms with Crippen molar-refractivity contribution in [2.45, 2.75) is 84.6 Å². The van der Waals surface area contributed by atoms with Crippen LogP contribution in [0.25, 0.3) is 0 Å². The van der Waals surface area contributed by atoms with E-state index in [1.165, 1.54) is 57.8 Å². The van der Waals surface area contributed by atoms with Gasteiger partial charge in [0.25, 0.3) is 0 Å². The fraction of sp³-hybridized carbons (Fsp3) is 0.769. The molecule has 1 aromatic carbocycles. The van der Waals surface area contributed by atoms with Gasteiger partial charge in [0.1, 0.15) is 5.82 Å². The summed E-state index contributed by atoms with van der Waals surface area (Å²) in [5.74, 6) is 4.51. The standard InChI is InChI=1S/C26H38FN/c1-17-11-13-25(2)18(15-17)7-8-21-22-9-10-24(26(22,3)14-12-23(21)25)28-20-6-4-5-19(27)16-20/h4-6,16-18,21-24,28H,7-15H2,1-3H3/t17?,18?,21?,22?,23?,24-,25-,26?/m0/s1. The van der Waals surface area contributed by atoms with Gasteiger partial charge in [0.2, 0.25) is 0 Å². The van der Waals surface area contributed by atoms with Gasteiger partial charge in [0, 0.05) is 11.7 Å². The molecule has 0 bridgehead atoms. The second kappa shape index (κ2) is 6.74. The highest BCUT2D eigenvalue weighted by molar-refractivity contribution is 5.45. The largest absolute Gasteiger partial charge is 0.382 e. The van der Waals surface area contributed by atoms with Crippen LogP contribution in [0.1, 0.15) is 78.6 Å². The van der Waals surface area contributed by atoms with Gasteiger partial charge in [0.05, 0.1) is 0 Å². The second-order valence-corrected chi connectivity index (χ2v) is 11.4. The number of nitrogens with one attached hydrogen (secondary N) is 1. The van der Waals surface area contributed by atoms with E-state index >= 15 is 0 Å². The summed E-state index contributed by atoms with van der Waals surface area (Å²) in [7, 11) is 0. The third-order valence-electron chi connectivity index (χ3n) is 10.1. The number of rotatable bonds is 2. The minimum absolute atomic E-state index is 0.133. The van der Waals surface area contributed by atoms with Crippen molar-refractivity contribution in [2.75, 3.05) is 5.32 Å². The topological polar surface area (TPSA) is 12.0 Å². The highest BCUT2D eigenvalue weighted by Gasteiger charge is 2.60. The molecule has 1 N–H and O–H groups in total. The molecule has 0 radical (unpaired) electrons. The molecule has 0 spiro atoms. The number of halogens is 1. The fourth-order valence-corrected chi connectivity index (χ4v) is 8.49. The Morgan fingerprint density at radius 3 is 2.54 bits per heavy atom. The molecular formula is C26H38FN. The van der Waals surface area contributed by atoms with E-state index in [1.807, 2.05) is 12.1 Å². The van der Waals surface area contributed by atoms with Gasteiger partial charge in [-0.3, -0.25) is 0 Å². The van der Waals surface area contributed by atoms with E-state index in [-0.39, 0.29) is 5.82 Å². The number of hydrogen-bond acceptors (Lipinski definition) is 1. The monoisotopic (exact) mass is 383 g/mol. The van der Waals surface area contributed by atoms with E-state index in [2.05, 4.69) is 26.1 Å². The van der Waals surface area contributed by atoms with Crippen molar-refractivity contribution in [3.63, 3.8) is 0 Å². The molecule has 0 saturated heterocycles. The third kappa shape index (κ3) is 2.84. The first-order valence-corrected chi connectivity index (χ1v) is 11.9. The first-order valence-electron chi connectivity index (χ1n) is 11.9. The normalized spacial score (nSPS) is 47.7. The molecule has 1 nitrogen and oxygen atoms in total. The summed E-state index contributed by atoms with van der Waals surface area (Å²) < 4.78 is 13.7. The molecule has 8 atom stereocenters. The van der Waals surface area contributed by atoms with Crippen molar-refractivity contribution >= 4 is 5.69 Å². The molecule has 2 heteroatoms. The van der Waals surface area contributed by atoms with Crippen LogP contribution < -0.4 is 5.32 Å². The quantitative estimate of drug-likeness (QED) is 0.565. The van der Waals surface area contributed by atoms with Gasteiger partial charge < -0.3 is 5.32 Å². The summed E-state index contributed by atoms with van der Waals surface area (Å²) in [5, 5.41) is 3.75. The first kappa shape index (κ1) is 18.9. The predicted molar refractivity (Wildman–Crippen MR) is 115 cm³/mol. The Hall–Kier alpha value is -1.05. The van der Waals surface area contributed by atoms with Crippen LogP contribution in [-0.2, 0) is 0 Å². The van der Waals surface area contributed by atoms with Crippen molar-refractivity contribution < 1.29 is 4.39 Å². The Morgan fingerprint density at radius 2 is 1.71 bits per heavy atom. The van der Waals surface area contributed by atoms with Crippen LogP contribution in [0.15, 0.2) is 24.3 Å². The summed E-state index contributed by atoms with van der Waals surface area (Å²) >= 11 is 0. The smallest absolute Gasteiger partial charge is 0.125 e. The van der Waals surface area contributed by atoms with Gasteiger partial charge in [-0.05, 0) is 110 Å². The highest BCUT2D eigenvalue weighted by Crippen LogP contribution is 2.66. The lowest BCUT2D eigenvalue weighted by Gasteiger charge is -2.61. The highest BCUT2D eigenvalue weighted by atomic mass is 19.1. The van der Waals surface area contributed by atoms with Crippen molar-refractivity contribution in [3.8, 4) is 0 Å². The summed E-state index contributed by atoms with van der Waals surface area (Å²) in [5.41, 5.74) is 1.94. The fourth-order valence-electron chi connectivity index (χ4n) is 8.49. The number of anilines is 1. The maximum absolute atomic E-state index is 13.7. The van der Waals surface area contributed by atoms with Crippen molar-refractivity contribution in [1.82, 2.24) is 0 Å².